The number of rotatable bonds is 5. The van der Waals surface area contributed by atoms with Crippen molar-refractivity contribution >= 4 is 11.8 Å². The second-order valence-corrected chi connectivity index (χ2v) is 8.71. The van der Waals surface area contributed by atoms with E-state index in [2.05, 4.69) is 6.07 Å². The quantitative estimate of drug-likeness (QED) is 0.733. The van der Waals surface area contributed by atoms with Crippen LogP contribution in [0.3, 0.4) is 0 Å². The Morgan fingerprint density at radius 2 is 1.91 bits per heavy atom. The maximum atomic E-state index is 14.0. The van der Waals surface area contributed by atoms with E-state index in [1.54, 1.807) is 28.0 Å². The number of hydrogen-bond acceptors (Lipinski definition) is 5. The average Bonchev–Trinajstić information content (AvgIpc) is 3.17. The van der Waals surface area contributed by atoms with Gasteiger partial charge >= 0.3 is 0 Å². The summed E-state index contributed by atoms with van der Waals surface area (Å²) < 4.78 is 14.0. The summed E-state index contributed by atoms with van der Waals surface area (Å²) in [5.41, 5.74) is 6.73. The molecule has 2 N–H and O–H groups in total. The highest BCUT2D eigenvalue weighted by atomic mass is 19.1. The number of fused-ring (bicyclic) bond motifs is 3. The van der Waals surface area contributed by atoms with E-state index in [1.165, 1.54) is 6.07 Å². The third-order valence-electron chi connectivity index (χ3n) is 6.95. The molecule has 5 rings (SSSR count). The van der Waals surface area contributed by atoms with Gasteiger partial charge in [0, 0.05) is 37.3 Å². The second kappa shape index (κ2) is 10.6. The Hall–Kier alpha value is -2.50. The molecule has 8 heteroatoms. The summed E-state index contributed by atoms with van der Waals surface area (Å²) in [5, 5.41) is 9.31. The van der Waals surface area contributed by atoms with Crippen LogP contribution in [0.25, 0.3) is 0 Å². The van der Waals surface area contributed by atoms with E-state index in [9.17, 15) is 19.2 Å². The molecule has 0 spiro atoms. The molecule has 7 nitrogen and oxygen atoms in total. The molecular formula is C25H36FN5O2. The summed E-state index contributed by atoms with van der Waals surface area (Å²) in [6.07, 6.45) is 2.40. The molecule has 6 atom stereocenters. The Kier molecular flexibility index (Phi) is 8.09. The van der Waals surface area contributed by atoms with Gasteiger partial charge in [-0.25, -0.2) is 4.39 Å². The fraction of sp³-hybridized carbons (Fsp3) is 0.640. The number of carbonyl (C=O) groups is 2. The maximum absolute atomic E-state index is 14.0. The monoisotopic (exact) mass is 457 g/mol. The number of nitriles is 1. The zero-order valence-electron chi connectivity index (χ0n) is 20.1. The topological polar surface area (TPSA) is 93.7 Å². The lowest BCUT2D eigenvalue weighted by Gasteiger charge is -2.35. The highest BCUT2D eigenvalue weighted by Gasteiger charge is 2.55. The zero-order chi connectivity index (χ0) is 24.3. The van der Waals surface area contributed by atoms with Crippen LogP contribution >= 0.6 is 0 Å². The van der Waals surface area contributed by atoms with Crippen LogP contribution < -0.4 is 5.73 Å². The van der Waals surface area contributed by atoms with Gasteiger partial charge in [-0.1, -0.05) is 45.9 Å². The van der Waals surface area contributed by atoms with Crippen molar-refractivity contribution < 1.29 is 14.0 Å². The lowest BCUT2D eigenvalue weighted by Crippen LogP contribution is -2.56. The van der Waals surface area contributed by atoms with Crippen LogP contribution in [0.1, 0.15) is 52.5 Å². The third-order valence-corrected chi connectivity index (χ3v) is 6.95. The van der Waals surface area contributed by atoms with Gasteiger partial charge in [0.15, 0.2) is 0 Å². The number of likely N-dealkylation sites (tertiary alicyclic amines) is 3. The molecule has 0 aromatic heterocycles. The molecule has 2 bridgehead atoms. The van der Waals surface area contributed by atoms with Crippen molar-refractivity contribution in [2.45, 2.75) is 83.7 Å². The number of nitrogens with two attached hydrogens (primary N) is 1. The van der Waals surface area contributed by atoms with E-state index in [4.69, 9.17) is 5.73 Å². The van der Waals surface area contributed by atoms with Gasteiger partial charge in [-0.05, 0) is 31.2 Å². The molecule has 1 aromatic carbocycles. The average molecular weight is 458 g/mol. The van der Waals surface area contributed by atoms with Gasteiger partial charge in [0.1, 0.15) is 11.9 Å². The van der Waals surface area contributed by atoms with Crippen molar-refractivity contribution in [1.82, 2.24) is 14.7 Å². The van der Waals surface area contributed by atoms with Gasteiger partial charge in [0.2, 0.25) is 11.8 Å². The minimum absolute atomic E-state index is 0.0147. The summed E-state index contributed by atoms with van der Waals surface area (Å²) in [4.78, 5) is 31.1. The first-order valence-corrected chi connectivity index (χ1v) is 12.2. The van der Waals surface area contributed by atoms with E-state index in [0.717, 1.165) is 12.8 Å². The van der Waals surface area contributed by atoms with Crippen LogP contribution in [-0.2, 0) is 16.1 Å². The summed E-state index contributed by atoms with van der Waals surface area (Å²) in [5.74, 6) is -0.0572. The molecule has 4 aliphatic rings. The molecule has 1 aromatic rings. The van der Waals surface area contributed by atoms with E-state index >= 15 is 0 Å². The van der Waals surface area contributed by atoms with Crippen molar-refractivity contribution in [1.29, 1.82) is 5.26 Å². The molecule has 6 unspecified atom stereocenters. The van der Waals surface area contributed by atoms with E-state index < -0.39 is 6.04 Å². The first-order valence-electron chi connectivity index (χ1n) is 12.2. The molecule has 180 valence electrons. The highest BCUT2D eigenvalue weighted by Crippen LogP contribution is 2.47. The van der Waals surface area contributed by atoms with Gasteiger partial charge in [-0.2, -0.15) is 5.26 Å². The normalized spacial score (nSPS) is 30.0. The summed E-state index contributed by atoms with van der Waals surface area (Å²) in [7, 11) is 0. The van der Waals surface area contributed by atoms with Crippen molar-refractivity contribution in [3.63, 3.8) is 0 Å². The van der Waals surface area contributed by atoms with Crippen molar-refractivity contribution in [3.8, 4) is 6.07 Å². The summed E-state index contributed by atoms with van der Waals surface area (Å²) >= 11 is 0. The molecule has 1 aliphatic carbocycles. The predicted molar refractivity (Wildman–Crippen MR) is 124 cm³/mol. The number of carbonyl (C=O) groups excluding carboxylic acids is 2. The molecular weight excluding hydrogens is 421 g/mol. The van der Waals surface area contributed by atoms with Gasteiger partial charge in [-0.3, -0.25) is 14.5 Å². The number of piperazine rings is 1. The lowest BCUT2D eigenvalue weighted by atomic mass is 10.1. The number of piperidine rings is 1. The highest BCUT2D eigenvalue weighted by molar-refractivity contribution is 5.86. The zero-order valence-corrected chi connectivity index (χ0v) is 20.1. The predicted octanol–water partition coefficient (Wildman–Crippen LogP) is 2.50. The first-order chi connectivity index (χ1) is 16.0. The van der Waals surface area contributed by atoms with Crippen LogP contribution in [0.4, 0.5) is 4.39 Å². The van der Waals surface area contributed by atoms with Crippen molar-refractivity contribution in [2.24, 2.45) is 11.7 Å². The smallest absolute Gasteiger partial charge is 0.242 e. The molecule has 1 saturated carbocycles. The Balaban J connectivity index is 0.000000728. The lowest BCUT2D eigenvalue weighted by molar-refractivity contribution is -0.139. The number of halogens is 1. The third kappa shape index (κ3) is 4.75. The molecule has 4 fully saturated rings. The molecule has 3 heterocycles. The second-order valence-electron chi connectivity index (χ2n) is 8.71. The minimum atomic E-state index is -0.739. The standard InChI is InChI=1S/C21H24FN5O2.2C2H6/c22-16-4-2-1-3-12(16)9-26-15-7-19(21(26)29)25(10-15)11-17(24)20(28)27-14(8-23)5-13-6-18(13)27;2*1-2/h1-4,13-15,17-19H,5-7,9-11,24H2;2*1-2H3. The van der Waals surface area contributed by atoms with Gasteiger partial charge < -0.3 is 15.5 Å². The van der Waals surface area contributed by atoms with Gasteiger partial charge in [0.05, 0.1) is 18.2 Å². The van der Waals surface area contributed by atoms with Gasteiger partial charge in [-0.15, -0.1) is 0 Å². The van der Waals surface area contributed by atoms with Crippen LogP contribution in [0.2, 0.25) is 0 Å². The number of nitrogens with zero attached hydrogens (tertiary/aromatic N) is 4. The van der Waals surface area contributed by atoms with Crippen molar-refractivity contribution in [2.75, 3.05) is 13.1 Å². The molecule has 3 saturated heterocycles. The largest absolute Gasteiger partial charge is 0.333 e. The number of benzene rings is 1. The summed E-state index contributed by atoms with van der Waals surface area (Å²) in [6, 6.07) is 7.51. The molecule has 2 amide bonds. The van der Waals surface area contributed by atoms with Crippen molar-refractivity contribution in [3.05, 3.63) is 35.6 Å². The minimum Gasteiger partial charge on any atom is -0.333 e. The molecule has 33 heavy (non-hydrogen) atoms. The SMILES string of the molecule is CC.CC.N#CC1CC2CC2N1C(=O)C(N)CN1CC2CC1C(=O)N2Cc1ccccc1F. The van der Waals surface area contributed by atoms with Crippen LogP contribution in [0.5, 0.6) is 0 Å². The van der Waals surface area contributed by atoms with Crippen LogP contribution in [0, 0.1) is 23.1 Å². The Morgan fingerprint density at radius 3 is 2.55 bits per heavy atom. The van der Waals surface area contributed by atoms with Crippen LogP contribution in [-0.4, -0.2) is 69.8 Å². The Bertz CT molecular complexity index is 903. The van der Waals surface area contributed by atoms with E-state index in [1.807, 2.05) is 32.6 Å². The van der Waals surface area contributed by atoms with Crippen LogP contribution in [0.15, 0.2) is 24.3 Å². The van der Waals surface area contributed by atoms with Gasteiger partial charge in [0.25, 0.3) is 0 Å². The molecule has 3 aliphatic heterocycles. The maximum Gasteiger partial charge on any atom is 0.242 e. The Labute approximate surface area is 196 Å². The van der Waals surface area contributed by atoms with E-state index in [0.29, 0.717) is 31.0 Å². The molecule has 0 radical (unpaired) electrons. The summed E-state index contributed by atoms with van der Waals surface area (Å²) in [6.45, 7) is 9.22. The Morgan fingerprint density at radius 1 is 1.21 bits per heavy atom. The first kappa shape index (κ1) is 25.1. The fourth-order valence-electron chi connectivity index (χ4n) is 5.36. The van der Waals surface area contributed by atoms with E-state index in [-0.39, 0.29) is 48.3 Å². The fourth-order valence-corrected chi connectivity index (χ4v) is 5.36. The number of amides is 2. The number of hydrogen-bond donors (Lipinski definition) is 1.